The highest BCUT2D eigenvalue weighted by Gasteiger charge is 2.22. The van der Waals surface area contributed by atoms with E-state index in [1.165, 1.54) is 6.26 Å². The number of nitrogens with one attached hydrogen (secondary N) is 1. The van der Waals surface area contributed by atoms with Crippen LogP contribution in [0.5, 0.6) is 0 Å². The summed E-state index contributed by atoms with van der Waals surface area (Å²) in [4.78, 5) is 23.7. The number of carbonyl (C=O) groups is 2. The van der Waals surface area contributed by atoms with Gasteiger partial charge in [0, 0.05) is 5.56 Å². The summed E-state index contributed by atoms with van der Waals surface area (Å²) in [6.45, 7) is 3.56. The first-order chi connectivity index (χ1) is 10.1. The van der Waals surface area contributed by atoms with E-state index in [9.17, 15) is 9.59 Å². The minimum Gasteiger partial charge on any atom is -0.464 e. The number of esters is 1. The van der Waals surface area contributed by atoms with Gasteiger partial charge < -0.3 is 14.5 Å². The molecule has 1 heterocycles. The van der Waals surface area contributed by atoms with E-state index in [0.29, 0.717) is 5.56 Å². The second kappa shape index (κ2) is 6.74. The molecule has 0 aliphatic rings. The van der Waals surface area contributed by atoms with Crippen molar-refractivity contribution in [2.24, 2.45) is 0 Å². The van der Waals surface area contributed by atoms with Crippen LogP contribution in [0, 0.1) is 0 Å². The molecule has 0 radical (unpaired) electrons. The van der Waals surface area contributed by atoms with Gasteiger partial charge in [0.05, 0.1) is 12.9 Å². The Morgan fingerprint density at radius 1 is 1.24 bits per heavy atom. The molecule has 110 valence electrons. The van der Waals surface area contributed by atoms with Gasteiger partial charge in [0.2, 0.25) is 0 Å². The summed E-state index contributed by atoms with van der Waals surface area (Å²) in [6, 6.07) is 10.4. The van der Waals surface area contributed by atoms with Crippen molar-refractivity contribution in [3.63, 3.8) is 0 Å². The molecule has 2 aromatic rings. The van der Waals surface area contributed by atoms with Crippen LogP contribution >= 0.6 is 0 Å². The first-order valence-corrected chi connectivity index (χ1v) is 6.74. The van der Waals surface area contributed by atoms with Crippen molar-refractivity contribution < 1.29 is 18.7 Å². The van der Waals surface area contributed by atoms with Gasteiger partial charge in [0.1, 0.15) is 6.04 Å². The molecule has 0 aliphatic carbocycles. The molecule has 1 atom stereocenters. The minimum atomic E-state index is -0.730. The van der Waals surface area contributed by atoms with E-state index >= 15 is 0 Å². The molecule has 0 fully saturated rings. The smallest absolute Gasteiger partial charge is 0.328 e. The van der Waals surface area contributed by atoms with E-state index in [1.807, 2.05) is 30.3 Å². The van der Waals surface area contributed by atoms with Gasteiger partial charge in [0.15, 0.2) is 5.76 Å². The van der Waals surface area contributed by atoms with E-state index in [0.717, 1.165) is 5.56 Å². The lowest BCUT2D eigenvalue weighted by Gasteiger charge is -2.12. The molecule has 1 N–H and O–H groups in total. The highest BCUT2D eigenvalue weighted by molar-refractivity contribution is 5.99. The Morgan fingerprint density at radius 2 is 1.95 bits per heavy atom. The van der Waals surface area contributed by atoms with E-state index in [-0.39, 0.29) is 12.4 Å². The average Bonchev–Trinajstić information content (AvgIpc) is 2.98. The van der Waals surface area contributed by atoms with Crippen molar-refractivity contribution in [2.45, 2.75) is 19.9 Å². The van der Waals surface area contributed by atoms with Crippen molar-refractivity contribution in [2.75, 3.05) is 6.61 Å². The fourth-order valence-electron chi connectivity index (χ4n) is 1.92. The highest BCUT2D eigenvalue weighted by Crippen LogP contribution is 2.24. The Balaban J connectivity index is 2.14. The Kier molecular flexibility index (Phi) is 4.77. The molecule has 2 rings (SSSR count). The SMILES string of the molecule is CCOC(=O)C(C)NC(=O)c1occc1-c1ccccc1. The second-order valence-electron chi connectivity index (χ2n) is 4.48. The van der Waals surface area contributed by atoms with Crippen LogP contribution in [0.2, 0.25) is 0 Å². The zero-order valence-electron chi connectivity index (χ0n) is 12.0. The van der Waals surface area contributed by atoms with Crippen molar-refractivity contribution >= 4 is 11.9 Å². The zero-order valence-corrected chi connectivity index (χ0v) is 12.0. The summed E-state index contributed by atoms with van der Waals surface area (Å²) >= 11 is 0. The predicted molar refractivity (Wildman–Crippen MR) is 77.7 cm³/mol. The molecule has 1 aromatic carbocycles. The number of ether oxygens (including phenoxy) is 1. The number of rotatable bonds is 5. The highest BCUT2D eigenvalue weighted by atomic mass is 16.5. The first-order valence-electron chi connectivity index (χ1n) is 6.74. The van der Waals surface area contributed by atoms with Crippen LogP contribution in [0.1, 0.15) is 24.4 Å². The Morgan fingerprint density at radius 3 is 2.62 bits per heavy atom. The topological polar surface area (TPSA) is 68.5 Å². The average molecular weight is 287 g/mol. The molecule has 0 bridgehead atoms. The predicted octanol–water partition coefficient (Wildman–Crippen LogP) is 2.63. The number of amides is 1. The van der Waals surface area contributed by atoms with E-state index < -0.39 is 17.9 Å². The van der Waals surface area contributed by atoms with Gasteiger partial charge in [-0.15, -0.1) is 0 Å². The van der Waals surface area contributed by atoms with Crippen LogP contribution in [-0.2, 0) is 9.53 Å². The quantitative estimate of drug-likeness (QED) is 0.858. The van der Waals surface area contributed by atoms with Crippen LogP contribution in [0.25, 0.3) is 11.1 Å². The van der Waals surface area contributed by atoms with Gasteiger partial charge in [-0.3, -0.25) is 4.79 Å². The third kappa shape index (κ3) is 3.51. The summed E-state index contributed by atoms with van der Waals surface area (Å²) in [5, 5.41) is 2.57. The number of carbonyl (C=O) groups excluding carboxylic acids is 2. The standard InChI is InChI=1S/C16H17NO4/c1-3-20-16(19)11(2)17-15(18)14-13(9-10-21-14)12-7-5-4-6-8-12/h4-11H,3H2,1-2H3,(H,17,18). The molecule has 1 unspecified atom stereocenters. The number of furan rings is 1. The maximum Gasteiger partial charge on any atom is 0.328 e. The Bertz CT molecular complexity index is 618. The molecule has 0 saturated carbocycles. The van der Waals surface area contributed by atoms with Crippen molar-refractivity contribution in [1.82, 2.24) is 5.32 Å². The lowest BCUT2D eigenvalue weighted by molar-refractivity contribution is -0.144. The summed E-state index contributed by atoms with van der Waals surface area (Å²) in [5.41, 5.74) is 1.56. The Labute approximate surface area is 122 Å². The number of benzene rings is 1. The van der Waals surface area contributed by atoms with Crippen LogP contribution in [0.3, 0.4) is 0 Å². The molecule has 0 spiro atoms. The van der Waals surface area contributed by atoms with Gasteiger partial charge in [-0.25, -0.2) is 4.79 Å². The van der Waals surface area contributed by atoms with Gasteiger partial charge in [-0.2, -0.15) is 0 Å². The fourth-order valence-corrected chi connectivity index (χ4v) is 1.92. The second-order valence-corrected chi connectivity index (χ2v) is 4.48. The molecule has 0 aliphatic heterocycles. The van der Waals surface area contributed by atoms with Crippen LogP contribution < -0.4 is 5.32 Å². The molecule has 0 saturated heterocycles. The minimum absolute atomic E-state index is 0.178. The van der Waals surface area contributed by atoms with E-state index in [4.69, 9.17) is 9.15 Å². The van der Waals surface area contributed by atoms with E-state index in [1.54, 1.807) is 19.9 Å². The summed E-state index contributed by atoms with van der Waals surface area (Å²) in [6.07, 6.45) is 1.45. The lowest BCUT2D eigenvalue weighted by Crippen LogP contribution is -2.39. The van der Waals surface area contributed by atoms with Crippen LogP contribution in [-0.4, -0.2) is 24.5 Å². The maximum absolute atomic E-state index is 12.2. The third-order valence-corrected chi connectivity index (χ3v) is 2.94. The normalized spacial score (nSPS) is 11.7. The summed E-state index contributed by atoms with van der Waals surface area (Å²) in [5.74, 6) is -0.740. The molecule has 1 amide bonds. The molecule has 5 nitrogen and oxygen atoms in total. The maximum atomic E-state index is 12.2. The molecular formula is C16H17NO4. The van der Waals surface area contributed by atoms with Crippen LogP contribution in [0.4, 0.5) is 0 Å². The lowest BCUT2D eigenvalue weighted by atomic mass is 10.1. The molecule has 1 aromatic heterocycles. The number of hydrogen-bond donors (Lipinski definition) is 1. The van der Waals surface area contributed by atoms with Gasteiger partial charge >= 0.3 is 5.97 Å². The zero-order chi connectivity index (χ0) is 15.2. The largest absolute Gasteiger partial charge is 0.464 e. The number of hydrogen-bond acceptors (Lipinski definition) is 4. The van der Waals surface area contributed by atoms with Crippen LogP contribution in [0.15, 0.2) is 47.1 Å². The van der Waals surface area contributed by atoms with Gasteiger partial charge in [-0.05, 0) is 25.5 Å². The molecule has 5 heteroatoms. The monoisotopic (exact) mass is 287 g/mol. The van der Waals surface area contributed by atoms with Gasteiger partial charge in [0.25, 0.3) is 5.91 Å². The van der Waals surface area contributed by atoms with Crippen molar-refractivity contribution in [1.29, 1.82) is 0 Å². The first kappa shape index (κ1) is 14.8. The molecular weight excluding hydrogens is 270 g/mol. The van der Waals surface area contributed by atoms with Crippen molar-refractivity contribution in [3.8, 4) is 11.1 Å². The fraction of sp³-hybridized carbons (Fsp3) is 0.250. The van der Waals surface area contributed by atoms with E-state index in [2.05, 4.69) is 5.32 Å². The molecule has 21 heavy (non-hydrogen) atoms. The Hall–Kier alpha value is -2.56. The summed E-state index contributed by atoms with van der Waals surface area (Å²) in [7, 11) is 0. The van der Waals surface area contributed by atoms with Gasteiger partial charge in [-0.1, -0.05) is 30.3 Å². The third-order valence-electron chi connectivity index (χ3n) is 2.94. The summed E-state index contributed by atoms with van der Waals surface area (Å²) < 4.78 is 10.1. The van der Waals surface area contributed by atoms with Crippen molar-refractivity contribution in [3.05, 3.63) is 48.4 Å².